The van der Waals surface area contributed by atoms with Gasteiger partial charge in [0.2, 0.25) is 0 Å². The van der Waals surface area contributed by atoms with E-state index in [0.29, 0.717) is 54.5 Å². The van der Waals surface area contributed by atoms with E-state index in [1.54, 1.807) is 0 Å². The number of carbonyl (C=O) groups is 3. The van der Waals surface area contributed by atoms with Crippen molar-refractivity contribution in [1.29, 1.82) is 0 Å². The summed E-state index contributed by atoms with van der Waals surface area (Å²) in [5.41, 5.74) is -0.807. The summed E-state index contributed by atoms with van der Waals surface area (Å²) in [6.07, 6.45) is 7.80. The zero-order valence-corrected chi connectivity index (χ0v) is 22.1. The first-order valence-corrected chi connectivity index (χ1v) is 14.0. The van der Waals surface area contributed by atoms with E-state index in [2.05, 4.69) is 20.8 Å². The van der Waals surface area contributed by atoms with Gasteiger partial charge in [-0.3, -0.25) is 14.4 Å². The Morgan fingerprint density at radius 2 is 1.83 bits per heavy atom. The van der Waals surface area contributed by atoms with Crippen molar-refractivity contribution in [2.75, 3.05) is 6.61 Å². The van der Waals surface area contributed by atoms with E-state index < -0.39 is 11.4 Å². The maximum Gasteiger partial charge on any atom is 0.302 e. The molecule has 0 aromatic carbocycles. The Labute approximate surface area is 209 Å². The Morgan fingerprint density at radius 3 is 2.57 bits per heavy atom. The Balaban J connectivity index is 1.25. The van der Waals surface area contributed by atoms with Gasteiger partial charge in [0.05, 0.1) is 6.10 Å². The second-order valence-electron chi connectivity index (χ2n) is 13.7. The van der Waals surface area contributed by atoms with E-state index in [1.807, 2.05) is 6.92 Å². The molecule has 2 heterocycles. The van der Waals surface area contributed by atoms with Crippen molar-refractivity contribution in [3.63, 3.8) is 0 Å². The molecule has 0 amide bonds. The van der Waals surface area contributed by atoms with Crippen LogP contribution in [0.15, 0.2) is 0 Å². The summed E-state index contributed by atoms with van der Waals surface area (Å²) in [5.74, 6) is 1.87. The van der Waals surface area contributed by atoms with Gasteiger partial charge in [-0.2, -0.15) is 0 Å². The highest BCUT2D eigenvalue weighted by Crippen LogP contribution is 2.70. The predicted octanol–water partition coefficient (Wildman–Crippen LogP) is 4.87. The number of rotatable bonds is 2. The Kier molecular flexibility index (Phi) is 5.25. The van der Waals surface area contributed by atoms with Crippen LogP contribution in [-0.2, 0) is 28.6 Å². The molecular weight excluding hydrogens is 444 g/mol. The zero-order chi connectivity index (χ0) is 25.0. The third-order valence-corrected chi connectivity index (χ3v) is 12.0. The highest BCUT2D eigenvalue weighted by molar-refractivity contribution is 5.87. The molecule has 4 aliphatic carbocycles. The van der Waals surface area contributed by atoms with Gasteiger partial charge in [0.25, 0.3) is 0 Å². The number of carbonyl (C=O) groups excluding carboxylic acids is 3. The molecule has 11 atom stereocenters. The minimum absolute atomic E-state index is 0.0391. The van der Waals surface area contributed by atoms with Crippen molar-refractivity contribution < 1.29 is 28.6 Å². The van der Waals surface area contributed by atoms with Crippen molar-refractivity contribution >= 4 is 17.5 Å². The number of ketones is 2. The molecule has 1 spiro atoms. The number of hydrogen-bond acceptors (Lipinski definition) is 6. The first-order valence-electron chi connectivity index (χ1n) is 14.0. The third-order valence-electron chi connectivity index (χ3n) is 12.0. The van der Waals surface area contributed by atoms with E-state index in [-0.39, 0.29) is 41.3 Å². The van der Waals surface area contributed by atoms with Gasteiger partial charge in [-0.25, -0.2) is 0 Å². The number of esters is 1. The van der Waals surface area contributed by atoms with Crippen molar-refractivity contribution in [3.05, 3.63) is 0 Å². The van der Waals surface area contributed by atoms with Crippen molar-refractivity contribution in [1.82, 2.24) is 0 Å². The lowest BCUT2D eigenvalue weighted by Gasteiger charge is -2.59. The SMILES string of the molecule is CC(=O)OC[C@]1(C)CC[C@@]2(O[C@H]3C[C@H]4[C@@H]5CC[C@H]6CC(=O)CC[C@]6(C)[C@H]5CC(=O)[C@]4(C)[C@H]3[C@@H]2C)O1. The summed E-state index contributed by atoms with van der Waals surface area (Å²) in [6, 6.07) is 0. The van der Waals surface area contributed by atoms with Gasteiger partial charge >= 0.3 is 5.97 Å². The molecular formula is C29H42O6. The van der Waals surface area contributed by atoms with Crippen molar-refractivity contribution in [2.45, 2.75) is 110 Å². The van der Waals surface area contributed by atoms with Crippen LogP contribution in [0.3, 0.4) is 0 Å². The molecule has 0 radical (unpaired) electrons. The lowest BCUT2D eigenvalue weighted by atomic mass is 9.44. The number of Topliss-reactive ketones (excluding diaryl/α,β-unsaturated/α-hetero) is 2. The first kappa shape index (κ1) is 24.1. The molecule has 2 saturated heterocycles. The fourth-order valence-electron chi connectivity index (χ4n) is 10.1. The lowest BCUT2D eigenvalue weighted by Crippen LogP contribution is -2.57. The normalized spacial score (nSPS) is 54.8. The number of fused-ring (bicyclic) bond motifs is 7. The van der Waals surface area contributed by atoms with Crippen LogP contribution in [0.4, 0.5) is 0 Å². The first-order chi connectivity index (χ1) is 16.4. The van der Waals surface area contributed by atoms with Gasteiger partial charge in [0.1, 0.15) is 23.8 Å². The molecule has 0 aromatic heterocycles. The van der Waals surface area contributed by atoms with Crippen LogP contribution in [0, 0.1) is 46.3 Å². The summed E-state index contributed by atoms with van der Waals surface area (Å²) in [4.78, 5) is 37.7. The second-order valence-corrected chi connectivity index (χ2v) is 13.7. The van der Waals surface area contributed by atoms with Gasteiger partial charge in [-0.15, -0.1) is 0 Å². The van der Waals surface area contributed by atoms with Crippen LogP contribution < -0.4 is 0 Å². The highest BCUT2D eigenvalue weighted by atomic mass is 16.7. The summed E-state index contributed by atoms with van der Waals surface area (Å²) in [6.45, 7) is 10.5. The predicted molar refractivity (Wildman–Crippen MR) is 128 cm³/mol. The van der Waals surface area contributed by atoms with Gasteiger partial charge in [-0.05, 0) is 68.1 Å². The molecule has 6 fully saturated rings. The maximum absolute atomic E-state index is 14.1. The average Bonchev–Trinajstić information content (AvgIpc) is 3.38. The third kappa shape index (κ3) is 3.24. The average molecular weight is 487 g/mol. The topological polar surface area (TPSA) is 78.9 Å². The van der Waals surface area contributed by atoms with Crippen LogP contribution in [0.5, 0.6) is 0 Å². The Hall–Kier alpha value is -1.27. The molecule has 0 aromatic rings. The van der Waals surface area contributed by atoms with E-state index >= 15 is 0 Å². The summed E-state index contributed by atoms with van der Waals surface area (Å²) in [5, 5.41) is 0. The molecule has 194 valence electrons. The summed E-state index contributed by atoms with van der Waals surface area (Å²) < 4.78 is 18.7. The van der Waals surface area contributed by atoms with Gasteiger partial charge in [-0.1, -0.05) is 20.8 Å². The minimum atomic E-state index is -0.692. The smallest absolute Gasteiger partial charge is 0.302 e. The molecule has 6 aliphatic rings. The molecule has 4 saturated carbocycles. The fraction of sp³-hybridized carbons (Fsp3) is 0.897. The van der Waals surface area contributed by atoms with E-state index in [9.17, 15) is 14.4 Å². The van der Waals surface area contributed by atoms with E-state index in [1.165, 1.54) is 6.92 Å². The van der Waals surface area contributed by atoms with Crippen LogP contribution in [0.2, 0.25) is 0 Å². The number of ether oxygens (including phenoxy) is 3. The number of hydrogen-bond donors (Lipinski definition) is 0. The van der Waals surface area contributed by atoms with Crippen LogP contribution in [0.1, 0.15) is 92.4 Å². The maximum atomic E-state index is 14.1. The molecule has 35 heavy (non-hydrogen) atoms. The lowest BCUT2D eigenvalue weighted by molar-refractivity contribution is -0.263. The molecule has 0 N–H and O–H groups in total. The van der Waals surface area contributed by atoms with Gasteiger partial charge in [0.15, 0.2) is 5.79 Å². The van der Waals surface area contributed by atoms with Crippen molar-refractivity contribution in [2.24, 2.45) is 46.3 Å². The van der Waals surface area contributed by atoms with Crippen LogP contribution in [-0.4, -0.2) is 41.6 Å². The van der Waals surface area contributed by atoms with E-state index in [0.717, 1.165) is 38.5 Å². The highest BCUT2D eigenvalue weighted by Gasteiger charge is 2.73. The molecule has 0 bridgehead atoms. The standard InChI is InChI=1S/C29H42O6/c1-16-25-23(34-29(16)11-10-26(3,35-29)15-33-17(2)30)13-22-20-7-6-18-12-19(31)8-9-27(18,4)21(20)14-24(32)28(22,25)5/h16,18,20-23,25H,6-15H2,1-5H3/t16-,18-,20+,21-,22-,23-,25-,26-,27-,28+,29+/m0/s1. The summed E-state index contributed by atoms with van der Waals surface area (Å²) >= 11 is 0. The summed E-state index contributed by atoms with van der Waals surface area (Å²) in [7, 11) is 0. The zero-order valence-electron chi connectivity index (χ0n) is 22.1. The molecule has 6 heteroatoms. The molecule has 6 nitrogen and oxygen atoms in total. The Bertz CT molecular complexity index is 961. The fourth-order valence-corrected chi connectivity index (χ4v) is 10.1. The van der Waals surface area contributed by atoms with E-state index in [4.69, 9.17) is 14.2 Å². The minimum Gasteiger partial charge on any atom is -0.463 e. The largest absolute Gasteiger partial charge is 0.463 e. The molecule has 2 aliphatic heterocycles. The van der Waals surface area contributed by atoms with Gasteiger partial charge in [0, 0.05) is 49.9 Å². The molecule has 6 rings (SSSR count). The van der Waals surface area contributed by atoms with Gasteiger partial charge < -0.3 is 14.2 Å². The second kappa shape index (κ2) is 7.63. The van der Waals surface area contributed by atoms with Crippen molar-refractivity contribution in [3.8, 4) is 0 Å². The monoisotopic (exact) mass is 486 g/mol. The van der Waals surface area contributed by atoms with Crippen LogP contribution >= 0.6 is 0 Å². The van der Waals surface area contributed by atoms with Crippen LogP contribution in [0.25, 0.3) is 0 Å². The molecule has 0 unspecified atom stereocenters. The quantitative estimate of drug-likeness (QED) is 0.519. The Morgan fingerprint density at radius 1 is 1.06 bits per heavy atom.